The summed E-state index contributed by atoms with van der Waals surface area (Å²) in [5, 5.41) is 6.82. The molecule has 0 saturated carbocycles. The Morgan fingerprint density at radius 3 is 2.86 bits per heavy atom. The van der Waals surface area contributed by atoms with Crippen LogP contribution in [0.3, 0.4) is 0 Å². The molecule has 1 amide bonds. The molecule has 1 N–H and O–H groups in total. The maximum absolute atomic E-state index is 12.3. The first-order valence-corrected chi connectivity index (χ1v) is 10.0. The van der Waals surface area contributed by atoms with E-state index >= 15 is 0 Å². The first kappa shape index (κ1) is 18.8. The van der Waals surface area contributed by atoms with Crippen LogP contribution < -0.4 is 10.1 Å². The van der Waals surface area contributed by atoms with E-state index in [0.717, 1.165) is 27.2 Å². The van der Waals surface area contributed by atoms with Crippen molar-refractivity contribution < 1.29 is 9.53 Å². The van der Waals surface area contributed by atoms with Crippen molar-refractivity contribution in [2.45, 2.75) is 13.5 Å². The minimum absolute atomic E-state index is 0.230. The number of anilines is 1. The van der Waals surface area contributed by atoms with E-state index in [0.29, 0.717) is 18.0 Å². The Hall–Kier alpha value is -3.51. The van der Waals surface area contributed by atoms with Crippen LogP contribution in [0.25, 0.3) is 17.0 Å². The minimum Gasteiger partial charge on any atom is -0.487 e. The van der Waals surface area contributed by atoms with Crippen LogP contribution in [0.5, 0.6) is 5.75 Å². The summed E-state index contributed by atoms with van der Waals surface area (Å²) < 4.78 is 5.89. The fourth-order valence-electron chi connectivity index (χ4n) is 2.86. The summed E-state index contributed by atoms with van der Waals surface area (Å²) >= 11 is 1.60. The lowest BCUT2D eigenvalue weighted by molar-refractivity contribution is -0.111. The van der Waals surface area contributed by atoms with Gasteiger partial charge in [-0.15, -0.1) is 11.3 Å². The van der Waals surface area contributed by atoms with Crippen molar-refractivity contribution in [2.24, 2.45) is 0 Å². The smallest absolute Gasteiger partial charge is 0.248 e. The average molecular weight is 401 g/mol. The summed E-state index contributed by atoms with van der Waals surface area (Å²) in [6.07, 6.45) is 4.89. The Kier molecular flexibility index (Phi) is 5.63. The molecule has 0 atom stereocenters. The highest BCUT2D eigenvalue weighted by molar-refractivity contribution is 7.09. The second-order valence-electron chi connectivity index (χ2n) is 6.42. The first-order chi connectivity index (χ1) is 14.2. The lowest BCUT2D eigenvalue weighted by atomic mass is 10.2. The number of nitrogens with zero attached hydrogens (tertiary/aromatic N) is 2. The topological polar surface area (TPSA) is 64.1 Å². The Labute approximate surface area is 172 Å². The molecule has 0 spiro atoms. The van der Waals surface area contributed by atoms with Gasteiger partial charge in [0, 0.05) is 22.4 Å². The number of carbonyl (C=O) groups excluding carboxylic acids is 1. The highest BCUT2D eigenvalue weighted by Gasteiger charge is 2.05. The summed E-state index contributed by atoms with van der Waals surface area (Å²) in [6, 6.07) is 17.3. The summed E-state index contributed by atoms with van der Waals surface area (Å²) in [5.74, 6) is 0.474. The zero-order chi connectivity index (χ0) is 20.1. The summed E-state index contributed by atoms with van der Waals surface area (Å²) in [7, 11) is 0. The van der Waals surface area contributed by atoms with Gasteiger partial charge in [0.2, 0.25) is 5.91 Å². The van der Waals surface area contributed by atoms with Gasteiger partial charge in [0.1, 0.15) is 12.4 Å². The standard InChI is InChI=1S/C23H19N3O2S/c1-16-25-20(15-29-16)14-28-22-9-5-3-6-17(22)10-11-23(27)26-19-12-18-7-2-4-8-21(18)24-13-19/h2-13,15H,14H2,1H3,(H,26,27)/b11-10+. The molecule has 4 aromatic rings. The molecule has 0 fully saturated rings. The van der Waals surface area contributed by atoms with Gasteiger partial charge in [-0.05, 0) is 31.2 Å². The fraction of sp³-hybridized carbons (Fsp3) is 0.0870. The summed E-state index contributed by atoms with van der Waals surface area (Å²) in [4.78, 5) is 21.1. The molecule has 5 nitrogen and oxygen atoms in total. The van der Waals surface area contributed by atoms with Crippen molar-refractivity contribution in [3.05, 3.63) is 88.5 Å². The molecule has 4 rings (SSSR count). The van der Waals surface area contributed by atoms with Gasteiger partial charge in [-0.1, -0.05) is 36.4 Å². The zero-order valence-corrected chi connectivity index (χ0v) is 16.6. The van der Waals surface area contributed by atoms with Gasteiger partial charge in [0.05, 0.1) is 28.1 Å². The van der Waals surface area contributed by atoms with Crippen molar-refractivity contribution in [2.75, 3.05) is 5.32 Å². The molecule has 0 saturated heterocycles. The van der Waals surface area contributed by atoms with E-state index in [1.165, 1.54) is 6.08 Å². The normalized spacial score (nSPS) is 11.1. The van der Waals surface area contributed by atoms with Gasteiger partial charge < -0.3 is 10.1 Å². The molecular weight excluding hydrogens is 382 g/mol. The number of aryl methyl sites for hydroxylation is 1. The van der Waals surface area contributed by atoms with Crippen LogP contribution in [0.2, 0.25) is 0 Å². The van der Waals surface area contributed by atoms with E-state index in [9.17, 15) is 4.79 Å². The van der Waals surface area contributed by atoms with Crippen molar-refractivity contribution >= 4 is 39.9 Å². The van der Waals surface area contributed by atoms with Crippen molar-refractivity contribution in [3.63, 3.8) is 0 Å². The van der Waals surface area contributed by atoms with Crippen LogP contribution in [0, 0.1) is 6.92 Å². The van der Waals surface area contributed by atoms with Gasteiger partial charge in [-0.25, -0.2) is 4.98 Å². The van der Waals surface area contributed by atoms with Crippen molar-refractivity contribution in [3.8, 4) is 5.75 Å². The van der Waals surface area contributed by atoms with Gasteiger partial charge in [0.25, 0.3) is 0 Å². The van der Waals surface area contributed by atoms with Gasteiger partial charge in [-0.3, -0.25) is 9.78 Å². The number of aromatic nitrogens is 2. The molecular formula is C23H19N3O2S. The summed E-state index contributed by atoms with van der Waals surface area (Å²) in [6.45, 7) is 2.36. The number of hydrogen-bond donors (Lipinski definition) is 1. The molecule has 2 aromatic heterocycles. The van der Waals surface area contributed by atoms with E-state index in [2.05, 4.69) is 15.3 Å². The van der Waals surface area contributed by atoms with E-state index in [1.807, 2.05) is 66.9 Å². The molecule has 2 heterocycles. The third kappa shape index (κ3) is 4.86. The molecule has 0 radical (unpaired) electrons. The number of pyridine rings is 1. The number of nitrogens with one attached hydrogen (secondary N) is 1. The molecule has 29 heavy (non-hydrogen) atoms. The fourth-order valence-corrected chi connectivity index (χ4v) is 3.46. The second kappa shape index (κ2) is 8.67. The number of ether oxygens (including phenoxy) is 1. The molecule has 0 unspecified atom stereocenters. The van der Waals surface area contributed by atoms with E-state index in [1.54, 1.807) is 23.6 Å². The molecule has 0 bridgehead atoms. The van der Waals surface area contributed by atoms with Crippen molar-refractivity contribution in [1.29, 1.82) is 0 Å². The van der Waals surface area contributed by atoms with Gasteiger partial charge in [0.15, 0.2) is 0 Å². The third-order valence-corrected chi connectivity index (χ3v) is 5.06. The molecule has 0 aliphatic rings. The maximum atomic E-state index is 12.3. The number of amides is 1. The van der Waals surface area contributed by atoms with E-state index < -0.39 is 0 Å². The Morgan fingerprint density at radius 1 is 1.17 bits per heavy atom. The lowest BCUT2D eigenvalue weighted by Gasteiger charge is -2.08. The molecule has 0 aliphatic heterocycles. The number of carbonyl (C=O) groups is 1. The maximum Gasteiger partial charge on any atom is 0.248 e. The van der Waals surface area contributed by atoms with Crippen LogP contribution in [0.4, 0.5) is 5.69 Å². The zero-order valence-electron chi connectivity index (χ0n) is 15.8. The number of fused-ring (bicyclic) bond motifs is 1. The first-order valence-electron chi connectivity index (χ1n) is 9.14. The predicted molar refractivity (Wildman–Crippen MR) is 117 cm³/mol. The average Bonchev–Trinajstić information content (AvgIpc) is 3.16. The van der Waals surface area contributed by atoms with Crippen LogP contribution in [-0.2, 0) is 11.4 Å². The monoisotopic (exact) mass is 401 g/mol. The number of hydrogen-bond acceptors (Lipinski definition) is 5. The lowest BCUT2D eigenvalue weighted by Crippen LogP contribution is -2.08. The predicted octanol–water partition coefficient (Wildman–Crippen LogP) is 5.23. The largest absolute Gasteiger partial charge is 0.487 e. The van der Waals surface area contributed by atoms with Gasteiger partial charge >= 0.3 is 0 Å². The van der Waals surface area contributed by atoms with Crippen molar-refractivity contribution in [1.82, 2.24) is 9.97 Å². The number of thiazole rings is 1. The molecule has 2 aromatic carbocycles. The Morgan fingerprint density at radius 2 is 2.00 bits per heavy atom. The third-order valence-electron chi connectivity index (χ3n) is 4.23. The number of para-hydroxylation sites is 2. The van der Waals surface area contributed by atoms with E-state index in [-0.39, 0.29) is 5.91 Å². The van der Waals surface area contributed by atoms with Crippen LogP contribution in [0.1, 0.15) is 16.3 Å². The van der Waals surface area contributed by atoms with Crippen LogP contribution in [-0.4, -0.2) is 15.9 Å². The quantitative estimate of drug-likeness (QED) is 0.449. The van der Waals surface area contributed by atoms with E-state index in [4.69, 9.17) is 4.74 Å². The highest BCUT2D eigenvalue weighted by atomic mass is 32.1. The summed E-state index contributed by atoms with van der Waals surface area (Å²) in [5.41, 5.74) is 3.27. The minimum atomic E-state index is -0.230. The Balaban J connectivity index is 1.43. The number of benzene rings is 2. The SMILES string of the molecule is Cc1nc(COc2ccccc2/C=C/C(=O)Nc2cnc3ccccc3c2)cs1. The van der Waals surface area contributed by atoms with Gasteiger partial charge in [-0.2, -0.15) is 0 Å². The molecule has 0 aliphatic carbocycles. The molecule has 6 heteroatoms. The second-order valence-corrected chi connectivity index (χ2v) is 7.49. The highest BCUT2D eigenvalue weighted by Crippen LogP contribution is 2.22. The Bertz CT molecular complexity index is 1180. The molecule has 144 valence electrons. The van der Waals surface area contributed by atoms with Crippen LogP contribution in [0.15, 0.2) is 72.3 Å². The van der Waals surface area contributed by atoms with Crippen LogP contribution >= 0.6 is 11.3 Å². The number of rotatable bonds is 6.